The number of nitrogens with one attached hydrogen (secondary N) is 1. The SMILES string of the molecule is C1CCCCCC(NC2CCCCCCCCCCC2)CCCCC1.Cl. The summed E-state index contributed by atoms with van der Waals surface area (Å²) in [5.41, 5.74) is 0. The first-order valence-electron chi connectivity index (χ1n) is 12.2. The third-order valence-electron chi connectivity index (χ3n) is 6.68. The summed E-state index contributed by atoms with van der Waals surface area (Å²) in [6.45, 7) is 0. The minimum absolute atomic E-state index is 0. The second kappa shape index (κ2) is 17.4. The number of hydrogen-bond donors (Lipinski definition) is 1. The molecule has 0 radical (unpaired) electrons. The Morgan fingerprint density at radius 1 is 0.308 bits per heavy atom. The fourth-order valence-corrected chi connectivity index (χ4v) is 4.99. The zero-order valence-electron chi connectivity index (χ0n) is 17.6. The smallest absolute Gasteiger partial charge is 0.00696 e. The molecular weight excluding hydrogens is 338 g/mol. The molecule has 2 saturated carbocycles. The van der Waals surface area contributed by atoms with Crippen LogP contribution in [0.4, 0.5) is 0 Å². The molecule has 2 heteroatoms. The Morgan fingerprint density at radius 2 is 0.500 bits per heavy atom. The molecule has 0 amide bonds. The molecule has 0 saturated heterocycles. The fourth-order valence-electron chi connectivity index (χ4n) is 4.99. The Labute approximate surface area is 171 Å². The van der Waals surface area contributed by atoms with Gasteiger partial charge in [-0.3, -0.25) is 0 Å². The van der Waals surface area contributed by atoms with Gasteiger partial charge < -0.3 is 5.32 Å². The van der Waals surface area contributed by atoms with Crippen molar-refractivity contribution >= 4 is 12.4 Å². The average Bonchev–Trinajstić information content (AvgIpc) is 2.59. The van der Waals surface area contributed by atoms with Gasteiger partial charge in [0.2, 0.25) is 0 Å². The normalized spacial score (nSPS) is 24.9. The molecule has 0 aromatic rings. The van der Waals surface area contributed by atoms with Gasteiger partial charge in [0, 0.05) is 12.1 Å². The number of rotatable bonds is 2. The molecule has 0 aliphatic heterocycles. The second-order valence-electron chi connectivity index (χ2n) is 9.08. The lowest BCUT2D eigenvalue weighted by Gasteiger charge is -2.27. The van der Waals surface area contributed by atoms with Crippen molar-refractivity contribution < 1.29 is 0 Å². The van der Waals surface area contributed by atoms with Gasteiger partial charge in [-0.25, -0.2) is 0 Å². The van der Waals surface area contributed by atoms with E-state index in [2.05, 4.69) is 5.32 Å². The number of halogens is 1. The van der Waals surface area contributed by atoms with E-state index in [0.717, 1.165) is 12.1 Å². The zero-order valence-corrected chi connectivity index (χ0v) is 18.4. The third kappa shape index (κ3) is 12.6. The molecule has 1 nitrogen and oxygen atoms in total. The van der Waals surface area contributed by atoms with Crippen molar-refractivity contribution in [3.8, 4) is 0 Å². The minimum atomic E-state index is 0. The van der Waals surface area contributed by atoms with Gasteiger partial charge in [0.25, 0.3) is 0 Å². The predicted octanol–water partition coefficient (Wildman–Crippen LogP) is 8.34. The van der Waals surface area contributed by atoms with Crippen LogP contribution in [0.15, 0.2) is 0 Å². The van der Waals surface area contributed by atoms with Gasteiger partial charge in [-0.05, 0) is 25.7 Å². The van der Waals surface area contributed by atoms with E-state index in [4.69, 9.17) is 0 Å². The summed E-state index contributed by atoms with van der Waals surface area (Å²) in [6, 6.07) is 1.63. The summed E-state index contributed by atoms with van der Waals surface area (Å²) in [5, 5.41) is 4.16. The van der Waals surface area contributed by atoms with Crippen LogP contribution in [0.2, 0.25) is 0 Å². The first kappa shape index (κ1) is 24.3. The molecule has 2 aliphatic carbocycles. The minimum Gasteiger partial charge on any atom is -0.311 e. The molecule has 0 heterocycles. The van der Waals surface area contributed by atoms with Crippen LogP contribution >= 0.6 is 12.4 Å². The molecule has 0 unspecified atom stereocenters. The van der Waals surface area contributed by atoms with Crippen molar-refractivity contribution in [2.45, 2.75) is 153 Å². The number of hydrogen-bond acceptors (Lipinski definition) is 1. The highest BCUT2D eigenvalue weighted by Crippen LogP contribution is 2.21. The molecule has 0 aromatic heterocycles. The molecule has 0 aromatic carbocycles. The Kier molecular flexibility index (Phi) is 16.2. The summed E-state index contributed by atoms with van der Waals surface area (Å²) < 4.78 is 0. The fraction of sp³-hybridized carbons (Fsp3) is 1.00. The molecule has 0 spiro atoms. The topological polar surface area (TPSA) is 12.0 Å². The van der Waals surface area contributed by atoms with Gasteiger partial charge in [0.05, 0.1) is 0 Å². The van der Waals surface area contributed by atoms with E-state index in [1.165, 1.54) is 141 Å². The monoisotopic (exact) mass is 385 g/mol. The molecule has 2 aliphatic rings. The van der Waals surface area contributed by atoms with E-state index in [9.17, 15) is 0 Å². The van der Waals surface area contributed by atoms with Crippen molar-refractivity contribution in [1.82, 2.24) is 5.32 Å². The van der Waals surface area contributed by atoms with Gasteiger partial charge >= 0.3 is 0 Å². The molecule has 0 bridgehead atoms. The van der Waals surface area contributed by atoms with Crippen LogP contribution in [0.3, 0.4) is 0 Å². The van der Waals surface area contributed by atoms with Crippen molar-refractivity contribution in [3.63, 3.8) is 0 Å². The predicted molar refractivity (Wildman–Crippen MR) is 120 cm³/mol. The van der Waals surface area contributed by atoms with E-state index in [-0.39, 0.29) is 12.4 Å². The van der Waals surface area contributed by atoms with E-state index in [1.54, 1.807) is 0 Å². The maximum atomic E-state index is 4.16. The third-order valence-corrected chi connectivity index (χ3v) is 6.68. The lowest BCUT2D eigenvalue weighted by atomic mass is 9.94. The van der Waals surface area contributed by atoms with Crippen molar-refractivity contribution in [3.05, 3.63) is 0 Å². The van der Waals surface area contributed by atoms with Crippen molar-refractivity contribution in [2.75, 3.05) is 0 Å². The lowest BCUT2D eigenvalue weighted by molar-refractivity contribution is 0.325. The van der Waals surface area contributed by atoms with Gasteiger partial charge in [-0.1, -0.05) is 116 Å². The Bertz CT molecular complexity index is 242. The standard InChI is InChI=1S/C24H47N.ClH/c1-3-7-11-15-19-23(20-16-12-8-4-1)25-24-21-17-13-9-5-2-6-10-14-18-22-24;/h23-25H,1-22H2;1H. The van der Waals surface area contributed by atoms with E-state index in [1.807, 2.05) is 0 Å². The van der Waals surface area contributed by atoms with Crippen LogP contribution < -0.4 is 5.32 Å². The van der Waals surface area contributed by atoms with Gasteiger partial charge in [0.1, 0.15) is 0 Å². The maximum Gasteiger partial charge on any atom is 0.00696 e. The van der Waals surface area contributed by atoms with Crippen LogP contribution in [0, 0.1) is 0 Å². The molecule has 1 N–H and O–H groups in total. The van der Waals surface area contributed by atoms with E-state index < -0.39 is 0 Å². The van der Waals surface area contributed by atoms with Crippen LogP contribution in [0.5, 0.6) is 0 Å². The van der Waals surface area contributed by atoms with E-state index >= 15 is 0 Å². The average molecular weight is 386 g/mol. The highest BCUT2D eigenvalue weighted by Gasteiger charge is 2.15. The maximum absolute atomic E-state index is 4.16. The lowest BCUT2D eigenvalue weighted by Crippen LogP contribution is -2.38. The largest absolute Gasteiger partial charge is 0.311 e. The van der Waals surface area contributed by atoms with Crippen molar-refractivity contribution in [2.24, 2.45) is 0 Å². The summed E-state index contributed by atoms with van der Waals surface area (Å²) in [6.07, 6.45) is 32.4. The Hall–Kier alpha value is 0.250. The molecule has 156 valence electrons. The van der Waals surface area contributed by atoms with Crippen molar-refractivity contribution in [1.29, 1.82) is 0 Å². The molecule has 2 rings (SSSR count). The van der Waals surface area contributed by atoms with Gasteiger partial charge in [0.15, 0.2) is 0 Å². The highest BCUT2D eigenvalue weighted by molar-refractivity contribution is 5.85. The summed E-state index contributed by atoms with van der Waals surface area (Å²) in [7, 11) is 0. The Balaban J connectivity index is 0.00000338. The van der Waals surface area contributed by atoms with Gasteiger partial charge in [-0.2, -0.15) is 0 Å². The second-order valence-corrected chi connectivity index (χ2v) is 9.08. The first-order valence-corrected chi connectivity index (χ1v) is 12.2. The summed E-state index contributed by atoms with van der Waals surface area (Å²) in [4.78, 5) is 0. The van der Waals surface area contributed by atoms with Crippen LogP contribution in [-0.4, -0.2) is 12.1 Å². The molecular formula is C24H48ClN. The van der Waals surface area contributed by atoms with E-state index in [0.29, 0.717) is 0 Å². The highest BCUT2D eigenvalue weighted by atomic mass is 35.5. The summed E-state index contributed by atoms with van der Waals surface area (Å²) >= 11 is 0. The first-order chi connectivity index (χ1) is 12.4. The zero-order chi connectivity index (χ0) is 17.4. The van der Waals surface area contributed by atoms with Gasteiger partial charge in [-0.15, -0.1) is 12.4 Å². The quantitative estimate of drug-likeness (QED) is 0.503. The Morgan fingerprint density at radius 3 is 0.731 bits per heavy atom. The van der Waals surface area contributed by atoms with Crippen LogP contribution in [0.1, 0.15) is 141 Å². The van der Waals surface area contributed by atoms with Crippen LogP contribution in [-0.2, 0) is 0 Å². The van der Waals surface area contributed by atoms with Crippen LogP contribution in [0.25, 0.3) is 0 Å². The molecule has 0 atom stereocenters. The summed E-state index contributed by atoms with van der Waals surface area (Å²) in [5.74, 6) is 0. The molecule has 2 fully saturated rings. The molecule has 26 heavy (non-hydrogen) atoms.